The molecule has 2 fully saturated rings. The Balaban J connectivity index is 1.62. The minimum Gasteiger partial charge on any atom is -0.492 e. The van der Waals surface area contributed by atoms with Crippen LogP contribution in [0.3, 0.4) is 0 Å². The second-order valence-corrected chi connectivity index (χ2v) is 9.87. The maximum atomic E-state index is 13.4. The normalized spacial score (nSPS) is 29.6. The highest BCUT2D eigenvalue weighted by Gasteiger charge is 2.50. The van der Waals surface area contributed by atoms with Crippen LogP contribution in [0.15, 0.2) is 47.6 Å². The lowest BCUT2D eigenvalue weighted by Crippen LogP contribution is -2.53. The molecular weight excluding hydrogens is 408 g/mol. The SMILES string of the molecule is C=CCOC1CCC2C(=O)C(C)=C(C3CCCCC3)OC2C1C(=O)C=Cc1cccs1. The standard InChI is InChI=1S/C26H32O4S/c1-3-15-29-22-14-12-20-24(28)17(2)25(18-8-5-4-6-9-18)30-26(20)23(22)21(27)13-11-19-10-7-16-31-19/h3,7,10-11,13,16,18,20,22-23,26H,1,4-6,8-9,12,14-15H2,2H3. The summed E-state index contributed by atoms with van der Waals surface area (Å²) in [6, 6.07) is 3.95. The summed E-state index contributed by atoms with van der Waals surface area (Å²) in [5, 5.41) is 1.99. The molecule has 1 aromatic rings. The molecule has 1 aliphatic heterocycles. The number of ketones is 2. The molecule has 5 heteroatoms. The van der Waals surface area contributed by atoms with Crippen LogP contribution < -0.4 is 0 Å². The first-order valence-corrected chi connectivity index (χ1v) is 12.4. The summed E-state index contributed by atoms with van der Waals surface area (Å²) in [5.41, 5.74) is 0.777. The summed E-state index contributed by atoms with van der Waals surface area (Å²) in [6.07, 6.45) is 11.6. The van der Waals surface area contributed by atoms with E-state index in [2.05, 4.69) is 6.58 Å². The van der Waals surface area contributed by atoms with Crippen molar-refractivity contribution in [3.05, 3.63) is 52.5 Å². The first-order chi connectivity index (χ1) is 15.1. The first-order valence-electron chi connectivity index (χ1n) is 11.5. The number of allylic oxidation sites excluding steroid dienone is 3. The van der Waals surface area contributed by atoms with E-state index >= 15 is 0 Å². The lowest BCUT2D eigenvalue weighted by molar-refractivity contribution is -0.151. The molecule has 0 amide bonds. The summed E-state index contributed by atoms with van der Waals surface area (Å²) < 4.78 is 12.6. The number of hydrogen-bond acceptors (Lipinski definition) is 5. The molecule has 2 aliphatic carbocycles. The summed E-state index contributed by atoms with van der Waals surface area (Å²) in [7, 11) is 0. The van der Waals surface area contributed by atoms with E-state index in [4.69, 9.17) is 9.47 Å². The molecule has 0 aromatic carbocycles. The van der Waals surface area contributed by atoms with Gasteiger partial charge in [0.2, 0.25) is 0 Å². The van der Waals surface area contributed by atoms with Crippen LogP contribution in [0.5, 0.6) is 0 Å². The third-order valence-corrected chi connectivity index (χ3v) is 7.78. The molecule has 0 spiro atoms. The van der Waals surface area contributed by atoms with Crippen molar-refractivity contribution in [2.45, 2.75) is 64.1 Å². The third-order valence-electron chi connectivity index (χ3n) is 6.94. The number of Topliss-reactive ketones (excluding diaryl/α,β-unsaturated/α-hetero) is 1. The van der Waals surface area contributed by atoms with Gasteiger partial charge >= 0.3 is 0 Å². The Bertz CT molecular complexity index is 860. The summed E-state index contributed by atoms with van der Waals surface area (Å²) in [4.78, 5) is 27.8. The fraction of sp³-hybridized carbons (Fsp3) is 0.538. The minimum atomic E-state index is -0.481. The molecule has 2 heterocycles. The van der Waals surface area contributed by atoms with Gasteiger partial charge in [-0.25, -0.2) is 0 Å². The van der Waals surface area contributed by atoms with Crippen LogP contribution in [0.2, 0.25) is 0 Å². The smallest absolute Gasteiger partial charge is 0.168 e. The number of thiophene rings is 1. The zero-order valence-electron chi connectivity index (χ0n) is 18.3. The highest BCUT2D eigenvalue weighted by atomic mass is 32.1. The van der Waals surface area contributed by atoms with Crippen LogP contribution in [0, 0.1) is 17.8 Å². The van der Waals surface area contributed by atoms with Crippen LogP contribution in [0.25, 0.3) is 6.08 Å². The second kappa shape index (κ2) is 10.1. The number of ether oxygens (including phenoxy) is 2. The predicted octanol–water partition coefficient (Wildman–Crippen LogP) is 5.75. The van der Waals surface area contributed by atoms with Crippen molar-refractivity contribution >= 4 is 29.0 Å². The van der Waals surface area contributed by atoms with Crippen LogP contribution in [-0.2, 0) is 19.1 Å². The molecule has 0 saturated heterocycles. The van der Waals surface area contributed by atoms with Crippen LogP contribution in [-0.4, -0.2) is 30.4 Å². The van der Waals surface area contributed by atoms with Gasteiger partial charge in [0.1, 0.15) is 11.9 Å². The van der Waals surface area contributed by atoms with Crippen LogP contribution in [0.4, 0.5) is 0 Å². The Morgan fingerprint density at radius 1 is 1.26 bits per heavy atom. The van der Waals surface area contributed by atoms with Gasteiger partial charge in [0.15, 0.2) is 11.6 Å². The van der Waals surface area contributed by atoms with E-state index in [9.17, 15) is 9.59 Å². The van der Waals surface area contributed by atoms with Gasteiger partial charge in [-0.1, -0.05) is 31.4 Å². The molecule has 4 rings (SSSR count). The largest absolute Gasteiger partial charge is 0.492 e. The van der Waals surface area contributed by atoms with Crippen molar-refractivity contribution in [3.63, 3.8) is 0 Å². The van der Waals surface area contributed by atoms with Gasteiger partial charge in [0.25, 0.3) is 0 Å². The molecule has 2 saturated carbocycles. The molecule has 0 bridgehead atoms. The van der Waals surface area contributed by atoms with Gasteiger partial charge in [-0.3, -0.25) is 9.59 Å². The van der Waals surface area contributed by atoms with Crippen molar-refractivity contribution in [2.75, 3.05) is 6.61 Å². The number of carbonyl (C=O) groups is 2. The molecule has 3 aliphatic rings. The van der Waals surface area contributed by atoms with Crippen molar-refractivity contribution < 1.29 is 19.1 Å². The molecule has 4 unspecified atom stereocenters. The Kier molecular flexibility index (Phi) is 7.24. The van der Waals surface area contributed by atoms with Crippen molar-refractivity contribution in [1.82, 2.24) is 0 Å². The second-order valence-electron chi connectivity index (χ2n) is 8.89. The molecule has 1 aromatic heterocycles. The van der Waals surface area contributed by atoms with E-state index in [1.807, 2.05) is 30.5 Å². The third kappa shape index (κ3) is 4.78. The highest BCUT2D eigenvalue weighted by Crippen LogP contribution is 2.44. The van der Waals surface area contributed by atoms with Gasteiger partial charge in [-0.2, -0.15) is 0 Å². The van der Waals surface area contributed by atoms with Crippen molar-refractivity contribution in [3.8, 4) is 0 Å². The maximum Gasteiger partial charge on any atom is 0.168 e. The average molecular weight is 441 g/mol. The molecule has 31 heavy (non-hydrogen) atoms. The van der Waals surface area contributed by atoms with Crippen molar-refractivity contribution in [1.29, 1.82) is 0 Å². The van der Waals surface area contributed by atoms with Crippen LogP contribution in [0.1, 0.15) is 56.7 Å². The maximum absolute atomic E-state index is 13.4. The van der Waals surface area contributed by atoms with E-state index in [0.717, 1.165) is 29.1 Å². The Hall–Kier alpha value is -1.98. The zero-order chi connectivity index (χ0) is 21.8. The molecule has 0 radical (unpaired) electrons. The summed E-state index contributed by atoms with van der Waals surface area (Å²) in [5.74, 6) is 0.540. The molecular formula is C26H32O4S. The quantitative estimate of drug-likeness (QED) is 0.400. The molecule has 4 atom stereocenters. The van der Waals surface area contributed by atoms with E-state index in [0.29, 0.717) is 25.4 Å². The topological polar surface area (TPSA) is 52.6 Å². The number of rotatable bonds is 7. The van der Waals surface area contributed by atoms with E-state index in [-0.39, 0.29) is 23.6 Å². The molecule has 4 nitrogen and oxygen atoms in total. The fourth-order valence-electron chi connectivity index (χ4n) is 5.37. The van der Waals surface area contributed by atoms with Crippen LogP contribution >= 0.6 is 11.3 Å². The van der Waals surface area contributed by atoms with Crippen molar-refractivity contribution in [2.24, 2.45) is 17.8 Å². The molecule has 0 N–H and O–H groups in total. The van der Waals surface area contributed by atoms with E-state index < -0.39 is 12.0 Å². The Morgan fingerprint density at radius 2 is 2.06 bits per heavy atom. The van der Waals surface area contributed by atoms with Gasteiger partial charge in [0.05, 0.1) is 24.5 Å². The fourth-order valence-corrected chi connectivity index (χ4v) is 5.99. The van der Waals surface area contributed by atoms with Gasteiger partial charge in [-0.05, 0) is 56.2 Å². The number of hydrogen-bond donors (Lipinski definition) is 0. The number of fused-ring (bicyclic) bond motifs is 1. The number of carbonyl (C=O) groups excluding carboxylic acids is 2. The van der Waals surface area contributed by atoms with Gasteiger partial charge < -0.3 is 9.47 Å². The summed E-state index contributed by atoms with van der Waals surface area (Å²) in [6.45, 7) is 6.05. The highest BCUT2D eigenvalue weighted by molar-refractivity contribution is 7.10. The van der Waals surface area contributed by atoms with Gasteiger partial charge in [0, 0.05) is 16.4 Å². The minimum absolute atomic E-state index is 0.0208. The zero-order valence-corrected chi connectivity index (χ0v) is 19.1. The lowest BCUT2D eigenvalue weighted by atomic mass is 9.70. The monoisotopic (exact) mass is 440 g/mol. The molecule has 166 valence electrons. The predicted molar refractivity (Wildman–Crippen MR) is 124 cm³/mol. The van der Waals surface area contributed by atoms with E-state index in [1.54, 1.807) is 23.5 Å². The Morgan fingerprint density at radius 3 is 2.77 bits per heavy atom. The first kappa shape index (κ1) is 22.2. The Labute approximate surface area is 189 Å². The average Bonchev–Trinajstić information content (AvgIpc) is 3.32. The lowest BCUT2D eigenvalue weighted by Gasteiger charge is -2.45. The van der Waals surface area contributed by atoms with E-state index in [1.165, 1.54) is 19.3 Å². The van der Waals surface area contributed by atoms with Gasteiger partial charge in [-0.15, -0.1) is 17.9 Å². The summed E-state index contributed by atoms with van der Waals surface area (Å²) >= 11 is 1.59.